The molecule has 0 bridgehead atoms. The first-order chi connectivity index (χ1) is 10.5. The zero-order valence-corrected chi connectivity index (χ0v) is 13.8. The van der Waals surface area contributed by atoms with Crippen molar-refractivity contribution in [3.8, 4) is 0 Å². The quantitative estimate of drug-likeness (QED) is 0.738. The average Bonchev–Trinajstić information content (AvgIpc) is 2.82. The average molecular weight is 392 g/mol. The number of nitrogens with zero attached hydrogens (tertiary/aromatic N) is 3. The summed E-state index contributed by atoms with van der Waals surface area (Å²) >= 11 is 11.7. The van der Waals surface area contributed by atoms with Crippen molar-refractivity contribution in [1.29, 1.82) is 0 Å². The lowest BCUT2D eigenvalue weighted by Crippen LogP contribution is -2.30. The van der Waals surface area contributed by atoms with Crippen LogP contribution in [-0.2, 0) is 20.5 Å². The first kappa shape index (κ1) is 18.1. The molecule has 0 amide bonds. The molecule has 0 radical (unpaired) electrons. The van der Waals surface area contributed by atoms with Gasteiger partial charge in [-0.3, -0.25) is 0 Å². The van der Waals surface area contributed by atoms with Gasteiger partial charge in [-0.15, -0.1) is 0 Å². The van der Waals surface area contributed by atoms with Crippen molar-refractivity contribution >= 4 is 45.3 Å². The molecule has 128 valence electrons. The van der Waals surface area contributed by atoms with Crippen LogP contribution in [-0.4, -0.2) is 39.3 Å². The van der Waals surface area contributed by atoms with Crippen LogP contribution in [0.5, 0.6) is 0 Å². The van der Waals surface area contributed by atoms with E-state index in [0.29, 0.717) is 0 Å². The molecule has 0 saturated carbocycles. The Bertz CT molecular complexity index is 717. The van der Waals surface area contributed by atoms with Crippen LogP contribution in [0.25, 0.3) is 0 Å². The fourth-order valence-electron chi connectivity index (χ4n) is 1.72. The monoisotopic (exact) mass is 391 g/mol. The summed E-state index contributed by atoms with van der Waals surface area (Å²) in [6, 6.07) is 1.49. The number of hydrogen-bond donors (Lipinski definition) is 0. The molecule has 0 fully saturated rings. The molecule has 0 saturated heterocycles. The molecule has 0 spiro atoms. The molecular weight excluding hydrogens is 382 g/mol. The van der Waals surface area contributed by atoms with Crippen molar-refractivity contribution in [1.82, 2.24) is 4.90 Å². The van der Waals surface area contributed by atoms with E-state index in [0.717, 1.165) is 18.4 Å². The van der Waals surface area contributed by atoms with Gasteiger partial charge in [0.25, 0.3) is 10.1 Å². The third-order valence-electron chi connectivity index (χ3n) is 2.70. The predicted octanol–water partition coefficient (Wildman–Crippen LogP) is 2.97. The van der Waals surface area contributed by atoms with Gasteiger partial charge in [0.15, 0.2) is 0 Å². The highest BCUT2D eigenvalue weighted by Crippen LogP contribution is 2.40. The van der Waals surface area contributed by atoms with Crippen LogP contribution >= 0.6 is 23.2 Å². The van der Waals surface area contributed by atoms with E-state index in [1.165, 1.54) is 16.2 Å². The lowest BCUT2D eigenvalue weighted by Gasteiger charge is -2.21. The zero-order chi connectivity index (χ0) is 17.4. The van der Waals surface area contributed by atoms with Gasteiger partial charge in [0.2, 0.25) is 0 Å². The van der Waals surface area contributed by atoms with E-state index in [9.17, 15) is 21.6 Å². The summed E-state index contributed by atoms with van der Waals surface area (Å²) in [5.74, 6) is 0. The summed E-state index contributed by atoms with van der Waals surface area (Å²) < 4.78 is 64.5. The Kier molecular flexibility index (Phi) is 5.00. The number of anilines is 1. The summed E-state index contributed by atoms with van der Waals surface area (Å²) in [6.07, 6.45) is -2.42. The Morgan fingerprint density at radius 1 is 1.30 bits per heavy atom. The third-order valence-corrected chi connectivity index (χ3v) is 3.81. The topological polar surface area (TPSA) is 62.2 Å². The number of hydrogen-bond acceptors (Lipinski definition) is 6. The summed E-state index contributed by atoms with van der Waals surface area (Å²) in [5.41, 5.74) is -0.892. The van der Waals surface area contributed by atoms with Crippen molar-refractivity contribution in [2.24, 2.45) is 5.10 Å². The van der Waals surface area contributed by atoms with Crippen LogP contribution in [0.1, 0.15) is 5.56 Å². The van der Waals surface area contributed by atoms with Crippen molar-refractivity contribution in [2.75, 3.05) is 24.7 Å². The van der Waals surface area contributed by atoms with Crippen LogP contribution in [0.15, 0.2) is 17.2 Å². The molecule has 1 aliphatic rings. The fourth-order valence-corrected chi connectivity index (χ4v) is 2.73. The number of halogens is 5. The Labute approximate surface area is 140 Å². The normalized spacial score (nSPS) is 15.6. The number of alkyl halides is 3. The largest absolute Gasteiger partial charge is 0.416 e. The van der Waals surface area contributed by atoms with Gasteiger partial charge in [-0.25, -0.2) is 9.19 Å². The molecule has 6 nitrogen and oxygen atoms in total. The lowest BCUT2D eigenvalue weighted by molar-refractivity contribution is -0.137. The number of hydrazone groups is 1. The highest BCUT2D eigenvalue weighted by atomic mass is 35.5. The molecule has 0 atom stereocenters. The van der Waals surface area contributed by atoms with E-state index in [-0.39, 0.29) is 29.1 Å². The second kappa shape index (κ2) is 6.34. The van der Waals surface area contributed by atoms with Gasteiger partial charge in [0.1, 0.15) is 19.7 Å². The number of rotatable bonds is 4. The molecular formula is C11H10Cl2F3N3O3S. The number of benzene rings is 1. The second-order valence-electron chi connectivity index (χ2n) is 4.60. The third kappa shape index (κ3) is 4.63. The Morgan fingerprint density at radius 3 is 2.35 bits per heavy atom. The standard InChI is InChI=1S/C11H10Cl2F3N3O3S/c1-23(20,21)22-6-18-4-17-19(5-18)10-8(12)2-7(3-9(10)13)11(14,15)16/h2-4H,5-6H2,1H3. The van der Waals surface area contributed by atoms with Crippen LogP contribution in [0.3, 0.4) is 0 Å². The summed E-state index contributed by atoms with van der Waals surface area (Å²) in [6.45, 7) is -0.283. The molecule has 0 N–H and O–H groups in total. The van der Waals surface area contributed by atoms with Crippen LogP contribution in [0, 0.1) is 0 Å². The maximum atomic E-state index is 12.7. The van der Waals surface area contributed by atoms with E-state index in [2.05, 4.69) is 9.28 Å². The summed E-state index contributed by atoms with van der Waals surface area (Å²) in [7, 11) is -3.63. The minimum Gasteiger partial charge on any atom is -0.317 e. The van der Waals surface area contributed by atoms with E-state index in [1.807, 2.05) is 0 Å². The Morgan fingerprint density at radius 2 is 1.87 bits per heavy atom. The van der Waals surface area contributed by atoms with Crippen molar-refractivity contribution in [3.63, 3.8) is 0 Å². The second-order valence-corrected chi connectivity index (χ2v) is 7.06. The fraction of sp³-hybridized carbons (Fsp3) is 0.364. The first-order valence-corrected chi connectivity index (χ1v) is 8.51. The molecule has 2 rings (SSSR count). The van der Waals surface area contributed by atoms with E-state index >= 15 is 0 Å². The molecule has 1 heterocycles. The van der Waals surface area contributed by atoms with Gasteiger partial charge >= 0.3 is 6.18 Å². The highest BCUT2D eigenvalue weighted by molar-refractivity contribution is 7.85. The zero-order valence-electron chi connectivity index (χ0n) is 11.5. The molecule has 23 heavy (non-hydrogen) atoms. The van der Waals surface area contributed by atoms with Crippen LogP contribution < -0.4 is 5.01 Å². The van der Waals surface area contributed by atoms with E-state index in [4.69, 9.17) is 23.2 Å². The molecule has 0 aromatic heterocycles. The lowest BCUT2D eigenvalue weighted by atomic mass is 10.2. The van der Waals surface area contributed by atoms with E-state index in [1.54, 1.807) is 0 Å². The summed E-state index contributed by atoms with van der Waals surface area (Å²) in [4.78, 5) is 1.37. The van der Waals surface area contributed by atoms with Crippen molar-refractivity contribution in [2.45, 2.75) is 6.18 Å². The predicted molar refractivity (Wildman–Crippen MR) is 79.9 cm³/mol. The molecule has 0 unspecified atom stereocenters. The smallest absolute Gasteiger partial charge is 0.317 e. The SMILES string of the molecule is CS(=O)(=O)OCN1C=NN(c2c(Cl)cc(C(F)(F)F)cc2Cl)C1. The van der Waals surface area contributed by atoms with Gasteiger partial charge < -0.3 is 4.90 Å². The molecule has 1 aromatic carbocycles. The molecule has 12 heteroatoms. The van der Waals surface area contributed by atoms with Gasteiger partial charge in [-0.1, -0.05) is 23.2 Å². The Hall–Kier alpha value is -1.23. The van der Waals surface area contributed by atoms with E-state index < -0.39 is 21.9 Å². The van der Waals surface area contributed by atoms with Gasteiger partial charge in [-0.05, 0) is 12.1 Å². The summed E-state index contributed by atoms with van der Waals surface area (Å²) in [5, 5.41) is 4.69. The van der Waals surface area contributed by atoms with Crippen molar-refractivity contribution < 1.29 is 25.8 Å². The minimum atomic E-state index is -4.57. The van der Waals surface area contributed by atoms with Gasteiger partial charge in [0, 0.05) is 0 Å². The molecule has 1 aromatic rings. The highest BCUT2D eigenvalue weighted by Gasteiger charge is 2.33. The minimum absolute atomic E-state index is 0.0142. The van der Waals surface area contributed by atoms with Gasteiger partial charge in [-0.2, -0.15) is 26.7 Å². The Balaban J connectivity index is 2.17. The van der Waals surface area contributed by atoms with Crippen LogP contribution in [0.2, 0.25) is 10.0 Å². The maximum absolute atomic E-state index is 12.7. The van der Waals surface area contributed by atoms with Crippen molar-refractivity contribution in [3.05, 3.63) is 27.7 Å². The first-order valence-electron chi connectivity index (χ1n) is 5.94. The van der Waals surface area contributed by atoms with Gasteiger partial charge in [0.05, 0.1) is 27.6 Å². The maximum Gasteiger partial charge on any atom is 0.416 e. The molecule has 1 aliphatic heterocycles. The molecule has 0 aliphatic carbocycles. The van der Waals surface area contributed by atoms with Crippen LogP contribution in [0.4, 0.5) is 18.9 Å².